The molecule has 0 aliphatic heterocycles. The molecule has 0 radical (unpaired) electrons. The fourth-order valence-corrected chi connectivity index (χ4v) is 1.77. The first kappa shape index (κ1) is 13.4. The molecule has 0 bridgehead atoms. The molecule has 0 unspecified atom stereocenters. The van der Waals surface area contributed by atoms with Crippen LogP contribution in [0, 0.1) is 0 Å². The summed E-state index contributed by atoms with van der Waals surface area (Å²) in [6.45, 7) is 11.9. The normalized spacial score (nSPS) is 12.1. The Morgan fingerprint density at radius 3 is 2.35 bits per heavy atom. The third kappa shape index (κ3) is 2.54. The third-order valence-corrected chi connectivity index (χ3v) is 2.63. The SMILES string of the molecule is C=Cc1c(C(C)(C)C)nc(=O)n(C)c1/C=C\C. The Morgan fingerprint density at radius 1 is 1.35 bits per heavy atom. The standard InChI is InChI=1S/C14H20N2O/c1-7-9-11-10(8-2)12(14(3,4)5)15-13(17)16(11)6/h7-9H,2H2,1,3-6H3/b9-7-. The molecule has 0 aromatic carbocycles. The summed E-state index contributed by atoms with van der Waals surface area (Å²) in [5, 5.41) is 0. The maximum Gasteiger partial charge on any atom is 0.348 e. The van der Waals surface area contributed by atoms with Crippen LogP contribution in [0.2, 0.25) is 0 Å². The summed E-state index contributed by atoms with van der Waals surface area (Å²) < 4.78 is 1.55. The molecule has 92 valence electrons. The molecular weight excluding hydrogens is 212 g/mol. The van der Waals surface area contributed by atoms with Gasteiger partial charge in [0.15, 0.2) is 0 Å². The highest BCUT2D eigenvalue weighted by Gasteiger charge is 2.22. The maximum atomic E-state index is 11.8. The predicted molar refractivity (Wildman–Crippen MR) is 73.0 cm³/mol. The zero-order valence-corrected chi connectivity index (χ0v) is 11.2. The first-order chi connectivity index (χ1) is 7.82. The Balaban J connectivity index is 3.76. The second-order valence-corrected chi connectivity index (χ2v) is 5.06. The number of hydrogen-bond donors (Lipinski definition) is 0. The Hall–Kier alpha value is -1.64. The molecule has 0 aliphatic rings. The molecule has 1 rings (SSSR count). The maximum absolute atomic E-state index is 11.8. The minimum atomic E-state index is -0.228. The van der Waals surface area contributed by atoms with E-state index >= 15 is 0 Å². The van der Waals surface area contributed by atoms with Crippen LogP contribution in [0.3, 0.4) is 0 Å². The van der Waals surface area contributed by atoms with Gasteiger partial charge < -0.3 is 0 Å². The largest absolute Gasteiger partial charge is 0.348 e. The molecule has 0 atom stereocenters. The lowest BCUT2D eigenvalue weighted by molar-refractivity contribution is 0.555. The van der Waals surface area contributed by atoms with Gasteiger partial charge in [-0.1, -0.05) is 39.5 Å². The average Bonchev–Trinajstić information content (AvgIpc) is 2.23. The van der Waals surface area contributed by atoms with Crippen molar-refractivity contribution in [3.63, 3.8) is 0 Å². The summed E-state index contributed by atoms with van der Waals surface area (Å²) in [4.78, 5) is 16.0. The highest BCUT2D eigenvalue weighted by Crippen LogP contribution is 2.26. The molecule has 0 amide bonds. The molecule has 0 saturated heterocycles. The van der Waals surface area contributed by atoms with Gasteiger partial charge in [0.1, 0.15) is 0 Å². The minimum absolute atomic E-state index is 0.173. The van der Waals surface area contributed by atoms with Crippen molar-refractivity contribution in [1.82, 2.24) is 9.55 Å². The van der Waals surface area contributed by atoms with Crippen LogP contribution in [0.5, 0.6) is 0 Å². The van der Waals surface area contributed by atoms with Gasteiger partial charge in [0.05, 0.1) is 11.4 Å². The molecule has 0 spiro atoms. The van der Waals surface area contributed by atoms with Gasteiger partial charge in [0.2, 0.25) is 0 Å². The van der Waals surface area contributed by atoms with Gasteiger partial charge in [0.25, 0.3) is 0 Å². The molecule has 3 heteroatoms. The van der Waals surface area contributed by atoms with Crippen LogP contribution in [-0.4, -0.2) is 9.55 Å². The van der Waals surface area contributed by atoms with E-state index in [2.05, 4.69) is 11.6 Å². The topological polar surface area (TPSA) is 34.9 Å². The van der Waals surface area contributed by atoms with E-state index in [1.807, 2.05) is 39.8 Å². The van der Waals surface area contributed by atoms with Crippen LogP contribution in [0.15, 0.2) is 17.4 Å². The van der Waals surface area contributed by atoms with E-state index in [1.165, 1.54) is 0 Å². The minimum Gasteiger partial charge on any atom is -0.295 e. The number of aromatic nitrogens is 2. The van der Waals surface area contributed by atoms with Crippen molar-refractivity contribution in [1.29, 1.82) is 0 Å². The lowest BCUT2D eigenvalue weighted by Gasteiger charge is -2.22. The van der Waals surface area contributed by atoms with E-state index in [9.17, 15) is 4.79 Å². The van der Waals surface area contributed by atoms with E-state index in [0.29, 0.717) is 0 Å². The molecule has 3 nitrogen and oxygen atoms in total. The van der Waals surface area contributed by atoms with Gasteiger partial charge >= 0.3 is 5.69 Å². The van der Waals surface area contributed by atoms with E-state index in [1.54, 1.807) is 17.7 Å². The zero-order valence-electron chi connectivity index (χ0n) is 11.2. The van der Waals surface area contributed by atoms with Crippen LogP contribution >= 0.6 is 0 Å². The van der Waals surface area contributed by atoms with E-state index in [0.717, 1.165) is 17.0 Å². The fraction of sp³-hybridized carbons (Fsp3) is 0.429. The molecule has 1 heterocycles. The van der Waals surface area contributed by atoms with Crippen molar-refractivity contribution < 1.29 is 0 Å². The second kappa shape index (κ2) is 4.70. The monoisotopic (exact) mass is 232 g/mol. The van der Waals surface area contributed by atoms with E-state index < -0.39 is 0 Å². The van der Waals surface area contributed by atoms with Crippen LogP contribution in [0.4, 0.5) is 0 Å². The molecule has 0 saturated carbocycles. The summed E-state index contributed by atoms with van der Waals surface area (Å²) in [7, 11) is 1.73. The molecule has 0 fully saturated rings. The summed E-state index contributed by atoms with van der Waals surface area (Å²) >= 11 is 0. The average molecular weight is 232 g/mol. The second-order valence-electron chi connectivity index (χ2n) is 5.06. The molecule has 17 heavy (non-hydrogen) atoms. The quantitative estimate of drug-likeness (QED) is 0.786. The van der Waals surface area contributed by atoms with Crippen molar-refractivity contribution in [2.75, 3.05) is 0 Å². The first-order valence-corrected chi connectivity index (χ1v) is 5.69. The van der Waals surface area contributed by atoms with Crippen molar-refractivity contribution in [2.45, 2.75) is 33.1 Å². The van der Waals surface area contributed by atoms with Gasteiger partial charge in [-0.25, -0.2) is 4.79 Å². The lowest BCUT2D eigenvalue weighted by atomic mass is 9.87. The Morgan fingerprint density at radius 2 is 1.94 bits per heavy atom. The van der Waals surface area contributed by atoms with Gasteiger partial charge in [-0.3, -0.25) is 4.57 Å². The number of allylic oxidation sites excluding steroid dienone is 1. The fourth-order valence-electron chi connectivity index (χ4n) is 1.77. The van der Waals surface area contributed by atoms with Gasteiger partial charge in [-0.15, -0.1) is 0 Å². The molecule has 0 aliphatic carbocycles. The smallest absolute Gasteiger partial charge is 0.295 e. The zero-order chi connectivity index (χ0) is 13.2. The highest BCUT2D eigenvalue weighted by molar-refractivity contribution is 5.64. The Kier molecular flexibility index (Phi) is 3.71. The predicted octanol–water partition coefficient (Wildman–Crippen LogP) is 2.75. The molecule has 0 N–H and O–H groups in total. The lowest BCUT2D eigenvalue weighted by Crippen LogP contribution is -2.29. The Bertz CT molecular complexity index is 516. The van der Waals surface area contributed by atoms with Crippen LogP contribution in [0.25, 0.3) is 12.2 Å². The van der Waals surface area contributed by atoms with Crippen molar-refractivity contribution >= 4 is 12.2 Å². The van der Waals surface area contributed by atoms with Crippen LogP contribution in [0.1, 0.15) is 44.6 Å². The third-order valence-electron chi connectivity index (χ3n) is 2.63. The van der Waals surface area contributed by atoms with Gasteiger partial charge in [0, 0.05) is 18.0 Å². The van der Waals surface area contributed by atoms with Crippen LogP contribution < -0.4 is 5.69 Å². The van der Waals surface area contributed by atoms with Crippen molar-refractivity contribution in [2.24, 2.45) is 7.05 Å². The first-order valence-electron chi connectivity index (χ1n) is 5.69. The highest BCUT2D eigenvalue weighted by atomic mass is 16.1. The number of hydrogen-bond acceptors (Lipinski definition) is 2. The van der Waals surface area contributed by atoms with Crippen molar-refractivity contribution in [3.8, 4) is 0 Å². The molecular formula is C14H20N2O. The summed E-state index contributed by atoms with van der Waals surface area (Å²) in [6.07, 6.45) is 5.59. The molecule has 1 aromatic heterocycles. The van der Waals surface area contributed by atoms with Gasteiger partial charge in [-0.2, -0.15) is 4.98 Å². The van der Waals surface area contributed by atoms with E-state index in [4.69, 9.17) is 0 Å². The number of rotatable bonds is 2. The molecule has 1 aromatic rings. The van der Waals surface area contributed by atoms with Crippen LogP contribution in [-0.2, 0) is 12.5 Å². The number of nitrogens with zero attached hydrogens (tertiary/aromatic N) is 2. The summed E-state index contributed by atoms with van der Waals surface area (Å²) in [5.41, 5.74) is 2.18. The van der Waals surface area contributed by atoms with Gasteiger partial charge in [-0.05, 0) is 13.0 Å². The summed E-state index contributed by atoms with van der Waals surface area (Å²) in [5.74, 6) is 0. The Labute approximate surface area is 103 Å². The summed E-state index contributed by atoms with van der Waals surface area (Å²) in [6, 6.07) is 0. The van der Waals surface area contributed by atoms with Crippen molar-refractivity contribution in [3.05, 3.63) is 40.1 Å². The van der Waals surface area contributed by atoms with E-state index in [-0.39, 0.29) is 11.1 Å².